The van der Waals surface area contributed by atoms with Crippen LogP contribution in [0.15, 0.2) is 67.0 Å². The number of amides is 2. The monoisotopic (exact) mass is 465 g/mol. The highest BCUT2D eigenvalue weighted by Gasteiger charge is 2.57. The maximum Gasteiger partial charge on any atom is 0.341 e. The average Bonchev–Trinajstić information content (AvgIpc) is 3.36. The van der Waals surface area contributed by atoms with Crippen LogP contribution in [0.1, 0.15) is 46.3 Å². The van der Waals surface area contributed by atoms with Crippen LogP contribution in [0.2, 0.25) is 0 Å². The van der Waals surface area contributed by atoms with Gasteiger partial charge in [0, 0.05) is 36.6 Å². The van der Waals surface area contributed by atoms with Crippen LogP contribution in [-0.2, 0) is 31.8 Å². The number of fused-ring (bicyclic) bond motifs is 3. The van der Waals surface area contributed by atoms with Crippen LogP contribution in [0.4, 0.5) is 11.4 Å². The number of para-hydroxylation sites is 1. The lowest BCUT2D eigenvalue weighted by Crippen LogP contribution is -2.40. The van der Waals surface area contributed by atoms with Crippen LogP contribution < -0.4 is 4.90 Å². The van der Waals surface area contributed by atoms with Crippen LogP contribution in [0.5, 0.6) is 0 Å². The zero-order valence-electron chi connectivity index (χ0n) is 19.1. The molecule has 1 aliphatic carbocycles. The molecule has 0 N–H and O–H groups in total. The summed E-state index contributed by atoms with van der Waals surface area (Å²) in [5, 5.41) is 0. The van der Waals surface area contributed by atoms with Gasteiger partial charge in [0.1, 0.15) is 0 Å². The van der Waals surface area contributed by atoms with Gasteiger partial charge in [-0.3, -0.25) is 19.5 Å². The molecule has 0 radical (unpaired) electrons. The number of ether oxygens (including phenoxy) is 1. The van der Waals surface area contributed by atoms with E-state index < -0.39 is 11.0 Å². The Bertz CT molecular complexity index is 1410. The number of esters is 1. The number of likely N-dealkylation sites (tertiary alicyclic amines) is 1. The van der Waals surface area contributed by atoms with E-state index in [9.17, 15) is 14.4 Å². The molecule has 0 unspecified atom stereocenters. The molecule has 4 heterocycles. The van der Waals surface area contributed by atoms with Gasteiger partial charge in [0.2, 0.25) is 11.8 Å². The summed E-state index contributed by atoms with van der Waals surface area (Å²) in [6.07, 6.45) is 5.79. The second kappa shape index (κ2) is 7.01. The molecule has 4 aliphatic rings. The van der Waals surface area contributed by atoms with Gasteiger partial charge in [-0.15, -0.1) is 0 Å². The summed E-state index contributed by atoms with van der Waals surface area (Å²) in [6.45, 7) is 0.917. The quantitative estimate of drug-likeness (QED) is 0.552. The van der Waals surface area contributed by atoms with Gasteiger partial charge in [-0.1, -0.05) is 30.3 Å². The Kier molecular flexibility index (Phi) is 4.08. The van der Waals surface area contributed by atoms with E-state index in [0.717, 1.165) is 40.9 Å². The number of nitrogens with zero attached hydrogens (tertiary/aromatic N) is 3. The van der Waals surface area contributed by atoms with Crippen molar-refractivity contribution in [1.29, 1.82) is 0 Å². The fourth-order valence-electron chi connectivity index (χ4n) is 6.02. The molecule has 1 spiro atoms. The van der Waals surface area contributed by atoms with E-state index >= 15 is 0 Å². The van der Waals surface area contributed by atoms with Crippen molar-refractivity contribution in [2.45, 2.75) is 36.7 Å². The van der Waals surface area contributed by atoms with Crippen molar-refractivity contribution in [2.75, 3.05) is 18.0 Å². The summed E-state index contributed by atoms with van der Waals surface area (Å²) in [4.78, 5) is 46.4. The van der Waals surface area contributed by atoms with Crippen molar-refractivity contribution >= 4 is 29.2 Å². The number of hydrogen-bond donors (Lipinski definition) is 0. The van der Waals surface area contributed by atoms with Gasteiger partial charge in [0.05, 0.1) is 29.6 Å². The van der Waals surface area contributed by atoms with Crippen LogP contribution in [-0.4, -0.2) is 40.8 Å². The zero-order valence-corrected chi connectivity index (χ0v) is 19.1. The number of benzene rings is 2. The number of carbonyl (C=O) groups is 3. The van der Waals surface area contributed by atoms with Gasteiger partial charge in [-0.25, -0.2) is 4.79 Å². The lowest BCUT2D eigenvalue weighted by Gasteiger charge is -2.27. The highest BCUT2D eigenvalue weighted by atomic mass is 16.6. The highest BCUT2D eigenvalue weighted by Crippen LogP contribution is 2.52. The fourth-order valence-corrected chi connectivity index (χ4v) is 6.02. The molecule has 3 aliphatic heterocycles. The molecule has 1 atom stereocenters. The molecule has 35 heavy (non-hydrogen) atoms. The molecule has 1 aromatic heterocycles. The van der Waals surface area contributed by atoms with Crippen molar-refractivity contribution in [3.05, 3.63) is 89.2 Å². The number of hydrogen-bond acceptors (Lipinski definition) is 5. The van der Waals surface area contributed by atoms with Crippen molar-refractivity contribution in [3.63, 3.8) is 0 Å². The van der Waals surface area contributed by atoms with E-state index in [1.54, 1.807) is 17.3 Å². The molecule has 2 aromatic carbocycles. The Morgan fingerprint density at radius 2 is 1.77 bits per heavy atom. The van der Waals surface area contributed by atoms with Gasteiger partial charge in [0.25, 0.3) is 0 Å². The summed E-state index contributed by atoms with van der Waals surface area (Å²) >= 11 is 0. The molecule has 7 rings (SSSR count). The molecule has 7 nitrogen and oxygen atoms in total. The smallest absolute Gasteiger partial charge is 0.341 e. The number of anilines is 2. The molecule has 174 valence electrons. The Labute approximate surface area is 202 Å². The third-order valence-corrected chi connectivity index (χ3v) is 8.00. The second-order valence-corrected chi connectivity index (χ2v) is 9.95. The van der Waals surface area contributed by atoms with E-state index in [1.807, 2.05) is 59.5 Å². The normalized spacial score (nSPS) is 23.4. The van der Waals surface area contributed by atoms with Crippen LogP contribution in [0.25, 0.3) is 0 Å². The largest absolute Gasteiger partial charge is 0.449 e. The van der Waals surface area contributed by atoms with Crippen LogP contribution in [0, 0.1) is 0 Å². The van der Waals surface area contributed by atoms with Gasteiger partial charge in [-0.05, 0) is 48.2 Å². The fraction of sp³-hybridized carbons (Fsp3) is 0.286. The Hall–Kier alpha value is -4.00. The van der Waals surface area contributed by atoms with Crippen LogP contribution >= 0.6 is 0 Å². The minimum Gasteiger partial charge on any atom is -0.449 e. The number of aromatic nitrogens is 1. The van der Waals surface area contributed by atoms with E-state index in [2.05, 4.69) is 4.98 Å². The molecule has 1 saturated carbocycles. The zero-order chi connectivity index (χ0) is 23.8. The summed E-state index contributed by atoms with van der Waals surface area (Å²) < 4.78 is 5.80. The standard InChI is InChI=1S/C28H23N3O4/c32-24-15-18-3-1-2-4-23(18)31(24)20-7-5-19(6-8-20)27(10-11-27)26(34)30-14-12-28(17-30)22-9-13-29-16-21(22)25(33)35-28/h1-9,13,16H,10-12,14-15,17H2/t28-/m0/s1. The first-order chi connectivity index (χ1) is 17.0. The topological polar surface area (TPSA) is 79.8 Å². The molecule has 3 aromatic rings. The first-order valence-corrected chi connectivity index (χ1v) is 12.0. The maximum atomic E-state index is 13.7. The van der Waals surface area contributed by atoms with E-state index in [0.29, 0.717) is 31.5 Å². The third-order valence-electron chi connectivity index (χ3n) is 8.00. The Morgan fingerprint density at radius 1 is 0.971 bits per heavy atom. The molecule has 2 fully saturated rings. The summed E-state index contributed by atoms with van der Waals surface area (Å²) in [5.74, 6) is -0.222. The second-order valence-electron chi connectivity index (χ2n) is 9.95. The summed E-state index contributed by atoms with van der Waals surface area (Å²) in [6, 6.07) is 17.5. The summed E-state index contributed by atoms with van der Waals surface area (Å²) in [7, 11) is 0. The van der Waals surface area contributed by atoms with Gasteiger partial charge < -0.3 is 9.64 Å². The van der Waals surface area contributed by atoms with Crippen molar-refractivity contribution < 1.29 is 19.1 Å². The minimum absolute atomic E-state index is 0.0557. The molecular formula is C28H23N3O4. The first-order valence-electron chi connectivity index (χ1n) is 12.0. The SMILES string of the molecule is O=C1O[C@]2(CCN(C(=O)C3(c4ccc(N5C(=O)Cc6ccccc65)cc4)CC3)C2)c2ccncc21. The van der Waals surface area contributed by atoms with E-state index in [1.165, 1.54) is 0 Å². The molecule has 2 amide bonds. The lowest BCUT2D eigenvalue weighted by molar-refractivity contribution is -0.134. The van der Waals surface area contributed by atoms with Crippen molar-refractivity contribution in [2.24, 2.45) is 0 Å². The van der Waals surface area contributed by atoms with Crippen molar-refractivity contribution in [1.82, 2.24) is 9.88 Å². The average molecular weight is 466 g/mol. The predicted octanol–water partition coefficient (Wildman–Crippen LogP) is 3.63. The molecular weight excluding hydrogens is 442 g/mol. The Balaban J connectivity index is 1.14. The number of pyridine rings is 1. The van der Waals surface area contributed by atoms with E-state index in [-0.39, 0.29) is 17.8 Å². The lowest BCUT2D eigenvalue weighted by atomic mass is 9.92. The van der Waals surface area contributed by atoms with Gasteiger partial charge >= 0.3 is 5.97 Å². The highest BCUT2D eigenvalue weighted by molar-refractivity contribution is 6.07. The summed E-state index contributed by atoms with van der Waals surface area (Å²) in [5.41, 5.74) is 3.76. The van der Waals surface area contributed by atoms with Crippen LogP contribution in [0.3, 0.4) is 0 Å². The molecule has 7 heteroatoms. The predicted molar refractivity (Wildman–Crippen MR) is 127 cm³/mol. The minimum atomic E-state index is -0.769. The molecule has 0 bridgehead atoms. The third kappa shape index (κ3) is 2.84. The van der Waals surface area contributed by atoms with Gasteiger partial charge in [0.15, 0.2) is 5.60 Å². The molecule has 1 saturated heterocycles. The Morgan fingerprint density at radius 3 is 2.57 bits per heavy atom. The van der Waals surface area contributed by atoms with Crippen molar-refractivity contribution in [3.8, 4) is 0 Å². The van der Waals surface area contributed by atoms with Gasteiger partial charge in [-0.2, -0.15) is 0 Å². The maximum absolute atomic E-state index is 13.7. The number of carbonyl (C=O) groups excluding carboxylic acids is 3. The number of rotatable bonds is 3. The van der Waals surface area contributed by atoms with E-state index in [4.69, 9.17) is 4.74 Å². The first kappa shape index (κ1) is 20.4.